The van der Waals surface area contributed by atoms with Crippen molar-refractivity contribution in [1.82, 2.24) is 24.8 Å². The Morgan fingerprint density at radius 1 is 1.31 bits per heavy atom. The van der Waals surface area contributed by atoms with Gasteiger partial charge in [0.2, 0.25) is 5.91 Å². The molecule has 0 bridgehead atoms. The minimum Gasteiger partial charge on any atom is -0.497 e. The van der Waals surface area contributed by atoms with Gasteiger partial charge in [-0.05, 0) is 35.7 Å². The highest BCUT2D eigenvalue weighted by molar-refractivity contribution is 5.83. The highest BCUT2D eigenvalue weighted by Gasteiger charge is 2.48. The Balaban J connectivity index is 1.55. The van der Waals surface area contributed by atoms with Crippen LogP contribution < -0.4 is 20.1 Å². The number of ether oxygens (including phenoxy) is 3. The van der Waals surface area contributed by atoms with Gasteiger partial charge < -0.3 is 30.0 Å². The number of likely N-dealkylation sites (N-methyl/N-ethyl adjacent to an activating group) is 1. The summed E-state index contributed by atoms with van der Waals surface area (Å²) in [6.45, 7) is 0.517. The molecule has 0 aliphatic carbocycles. The second kappa shape index (κ2) is 10.4. The van der Waals surface area contributed by atoms with E-state index in [9.17, 15) is 9.90 Å². The number of methoxy groups -OCH3 is 2. The number of hydrogen-bond acceptors (Lipinski definition) is 10. The SMILES string of the molecule is CNC(=O)[C@@H]1O[C@@H](n2cnc3c(NCCc4cc(OC)ccc4OC)ncnc32)[C@@H](O)[C@@H]1N=[N+]=[N-]. The number of benzene rings is 1. The maximum Gasteiger partial charge on any atom is 0.249 e. The van der Waals surface area contributed by atoms with Crippen LogP contribution >= 0.6 is 0 Å². The first-order valence-corrected chi connectivity index (χ1v) is 10.7. The van der Waals surface area contributed by atoms with Crippen LogP contribution in [0, 0.1) is 0 Å². The molecular weight excluding hydrogens is 458 g/mol. The lowest BCUT2D eigenvalue weighted by molar-refractivity contribution is -0.134. The number of imidazole rings is 1. The number of carbonyl (C=O) groups excluding carboxylic acids is 1. The summed E-state index contributed by atoms with van der Waals surface area (Å²) in [5.41, 5.74) is 10.7. The van der Waals surface area contributed by atoms with E-state index in [1.54, 1.807) is 14.2 Å². The highest BCUT2D eigenvalue weighted by atomic mass is 16.5. The minimum atomic E-state index is -1.29. The zero-order valence-electron chi connectivity index (χ0n) is 19.3. The van der Waals surface area contributed by atoms with Crippen LogP contribution in [-0.4, -0.2) is 76.6 Å². The summed E-state index contributed by atoms with van der Waals surface area (Å²) in [5, 5.41) is 20.0. The van der Waals surface area contributed by atoms with E-state index < -0.39 is 30.4 Å². The molecule has 4 atom stereocenters. The smallest absolute Gasteiger partial charge is 0.249 e. The summed E-state index contributed by atoms with van der Waals surface area (Å²) >= 11 is 0. The topological polar surface area (TPSA) is 181 Å². The molecule has 1 saturated heterocycles. The molecule has 2 aromatic heterocycles. The molecule has 1 aromatic carbocycles. The summed E-state index contributed by atoms with van der Waals surface area (Å²) in [6, 6.07) is 4.48. The molecule has 184 valence electrons. The third-order valence-electron chi connectivity index (χ3n) is 5.74. The van der Waals surface area contributed by atoms with Crippen molar-refractivity contribution in [1.29, 1.82) is 0 Å². The first-order valence-electron chi connectivity index (χ1n) is 10.7. The van der Waals surface area contributed by atoms with Gasteiger partial charge in [0.15, 0.2) is 23.2 Å². The molecule has 0 radical (unpaired) electrons. The van der Waals surface area contributed by atoms with Gasteiger partial charge in [0.1, 0.15) is 36.1 Å². The van der Waals surface area contributed by atoms with Crippen molar-refractivity contribution >= 4 is 22.9 Å². The van der Waals surface area contributed by atoms with E-state index in [4.69, 9.17) is 19.7 Å². The van der Waals surface area contributed by atoms with Crippen molar-refractivity contribution < 1.29 is 24.1 Å². The quantitative estimate of drug-likeness (QED) is 0.229. The predicted octanol–water partition coefficient (Wildman–Crippen LogP) is 1.18. The van der Waals surface area contributed by atoms with E-state index in [-0.39, 0.29) is 0 Å². The molecule has 3 aromatic rings. The van der Waals surface area contributed by atoms with Crippen molar-refractivity contribution in [3.8, 4) is 11.5 Å². The van der Waals surface area contributed by atoms with Gasteiger partial charge in [0, 0.05) is 18.5 Å². The Hall–Kier alpha value is -4.13. The lowest BCUT2D eigenvalue weighted by atomic mass is 10.1. The molecule has 14 heteroatoms. The summed E-state index contributed by atoms with van der Waals surface area (Å²) in [5.74, 6) is 1.45. The van der Waals surface area contributed by atoms with Gasteiger partial charge in [-0.2, -0.15) is 0 Å². The van der Waals surface area contributed by atoms with Crippen LogP contribution in [0.2, 0.25) is 0 Å². The zero-order valence-corrected chi connectivity index (χ0v) is 19.3. The Morgan fingerprint density at radius 2 is 2.14 bits per heavy atom. The van der Waals surface area contributed by atoms with Gasteiger partial charge in [-0.3, -0.25) is 9.36 Å². The number of aliphatic hydroxyl groups is 1. The molecule has 0 spiro atoms. The monoisotopic (exact) mass is 483 g/mol. The average molecular weight is 483 g/mol. The minimum absolute atomic E-state index is 0.378. The van der Waals surface area contributed by atoms with Gasteiger partial charge in [-0.15, -0.1) is 0 Å². The molecule has 0 saturated carbocycles. The Labute approximate surface area is 199 Å². The average Bonchev–Trinajstić information content (AvgIpc) is 3.45. The molecule has 0 unspecified atom stereocenters. The fraction of sp³-hybridized carbons (Fsp3) is 0.429. The largest absolute Gasteiger partial charge is 0.497 e. The lowest BCUT2D eigenvalue weighted by Crippen LogP contribution is -2.40. The molecule has 35 heavy (non-hydrogen) atoms. The number of fused-ring (bicyclic) bond motifs is 1. The third-order valence-corrected chi connectivity index (χ3v) is 5.74. The molecule has 1 amide bonds. The fourth-order valence-electron chi connectivity index (χ4n) is 4.00. The van der Waals surface area contributed by atoms with E-state index in [1.807, 2.05) is 18.2 Å². The lowest BCUT2D eigenvalue weighted by Gasteiger charge is -2.16. The van der Waals surface area contributed by atoms with Crippen molar-refractivity contribution in [3.63, 3.8) is 0 Å². The van der Waals surface area contributed by atoms with E-state index in [0.717, 1.165) is 17.1 Å². The summed E-state index contributed by atoms with van der Waals surface area (Å²) in [4.78, 5) is 27.9. The van der Waals surface area contributed by atoms with Crippen LogP contribution in [0.1, 0.15) is 11.8 Å². The summed E-state index contributed by atoms with van der Waals surface area (Å²) in [6.07, 6.45) is -0.0799. The standard InChI is InChI=1S/C21H25N9O5/c1-23-20(32)17-14(28-29-22)16(31)21(35-17)30-10-27-15-18(25-9-26-19(15)30)24-7-6-11-8-12(33-2)4-5-13(11)34-3/h4-5,8-10,14,16-17,21,31H,6-7H2,1-3H3,(H,23,32)(H,24,25,26)/t14-,16-,17+,21+/m0/s1. The van der Waals surface area contributed by atoms with Gasteiger partial charge >= 0.3 is 0 Å². The second-order valence-corrected chi connectivity index (χ2v) is 7.65. The van der Waals surface area contributed by atoms with Gasteiger partial charge in [-0.25, -0.2) is 15.0 Å². The Kier molecular flexibility index (Phi) is 7.15. The predicted molar refractivity (Wildman–Crippen MR) is 124 cm³/mol. The summed E-state index contributed by atoms with van der Waals surface area (Å²) < 4.78 is 18.0. The molecule has 1 fully saturated rings. The number of aliphatic hydroxyl groups excluding tert-OH is 1. The molecule has 1 aliphatic rings. The molecule has 4 rings (SSSR count). The van der Waals surface area contributed by atoms with Gasteiger partial charge in [0.25, 0.3) is 0 Å². The Bertz CT molecular complexity index is 1260. The number of rotatable bonds is 9. The summed E-state index contributed by atoms with van der Waals surface area (Å²) in [7, 11) is 4.64. The van der Waals surface area contributed by atoms with Crippen molar-refractivity contribution in [2.24, 2.45) is 5.11 Å². The molecular formula is C21H25N9O5. The number of anilines is 1. The van der Waals surface area contributed by atoms with Crippen LogP contribution in [0.25, 0.3) is 21.6 Å². The molecule has 1 aliphatic heterocycles. The van der Waals surface area contributed by atoms with Gasteiger partial charge in [-0.1, -0.05) is 5.11 Å². The maximum atomic E-state index is 12.2. The van der Waals surface area contributed by atoms with Crippen LogP contribution in [-0.2, 0) is 16.0 Å². The number of nitrogens with one attached hydrogen (secondary N) is 2. The number of carbonyl (C=O) groups is 1. The van der Waals surface area contributed by atoms with E-state index in [1.165, 1.54) is 24.3 Å². The second-order valence-electron chi connectivity index (χ2n) is 7.65. The molecule has 14 nitrogen and oxygen atoms in total. The maximum absolute atomic E-state index is 12.2. The Morgan fingerprint density at radius 3 is 2.86 bits per heavy atom. The van der Waals surface area contributed by atoms with Crippen molar-refractivity contribution in [2.45, 2.75) is 30.9 Å². The van der Waals surface area contributed by atoms with Gasteiger partial charge in [0.05, 0.1) is 20.5 Å². The number of hydrogen-bond donors (Lipinski definition) is 3. The number of aromatic nitrogens is 4. The van der Waals surface area contributed by atoms with Crippen LogP contribution in [0.15, 0.2) is 36.0 Å². The fourth-order valence-corrected chi connectivity index (χ4v) is 4.00. The van der Waals surface area contributed by atoms with Crippen LogP contribution in [0.3, 0.4) is 0 Å². The van der Waals surface area contributed by atoms with Crippen molar-refractivity contribution in [3.05, 3.63) is 46.9 Å². The third kappa shape index (κ3) is 4.62. The normalized spacial score (nSPS) is 21.4. The van der Waals surface area contributed by atoms with Crippen LogP contribution in [0.5, 0.6) is 11.5 Å². The zero-order chi connectivity index (χ0) is 24.9. The van der Waals surface area contributed by atoms with E-state index in [0.29, 0.717) is 29.9 Å². The molecule has 3 N–H and O–H groups in total. The first kappa shape index (κ1) is 24.0. The van der Waals surface area contributed by atoms with E-state index >= 15 is 0 Å². The first-order chi connectivity index (χ1) is 17.0. The number of azide groups is 1. The molecule has 3 heterocycles. The van der Waals surface area contributed by atoms with E-state index in [2.05, 4.69) is 35.6 Å². The number of nitrogens with zero attached hydrogens (tertiary/aromatic N) is 7. The van der Waals surface area contributed by atoms with Crippen LogP contribution in [0.4, 0.5) is 5.82 Å². The highest BCUT2D eigenvalue weighted by Crippen LogP contribution is 2.34. The number of amides is 1. The van der Waals surface area contributed by atoms with Crippen molar-refractivity contribution in [2.75, 3.05) is 33.1 Å².